The molecule has 0 saturated carbocycles. The Morgan fingerprint density at radius 3 is 2.59 bits per heavy atom. The fraction of sp³-hybridized carbons (Fsp3) is 0.0385. The standard InChI is InChI=1S/C26H20N4O2/c1-32-24-14-22(8-9-23(24)21-13-19-10-12-28-25(19)29-16-21)30-26(31)18-6-4-17(5-7-18)20-3-2-11-27-15-20/h2-16H,1H3,(H,28,29)(H,30,31). The van der Waals surface area contributed by atoms with Crippen LogP contribution in [0.3, 0.4) is 0 Å². The monoisotopic (exact) mass is 420 g/mol. The zero-order valence-electron chi connectivity index (χ0n) is 17.4. The Hall–Kier alpha value is -4.45. The van der Waals surface area contributed by atoms with Crippen molar-refractivity contribution in [3.8, 4) is 28.0 Å². The Balaban J connectivity index is 1.36. The summed E-state index contributed by atoms with van der Waals surface area (Å²) in [5.41, 5.74) is 5.93. The van der Waals surface area contributed by atoms with Gasteiger partial charge in [-0.3, -0.25) is 9.78 Å². The van der Waals surface area contributed by atoms with Crippen molar-refractivity contribution < 1.29 is 9.53 Å². The molecule has 156 valence electrons. The highest BCUT2D eigenvalue weighted by Gasteiger charge is 2.12. The highest BCUT2D eigenvalue weighted by Crippen LogP contribution is 2.33. The highest BCUT2D eigenvalue weighted by molar-refractivity contribution is 6.04. The largest absolute Gasteiger partial charge is 0.496 e. The van der Waals surface area contributed by atoms with Gasteiger partial charge in [-0.1, -0.05) is 18.2 Å². The van der Waals surface area contributed by atoms with Crippen LogP contribution in [0, 0.1) is 0 Å². The molecular weight excluding hydrogens is 400 g/mol. The summed E-state index contributed by atoms with van der Waals surface area (Å²) in [5, 5.41) is 3.97. The van der Waals surface area contributed by atoms with E-state index in [9.17, 15) is 4.79 Å². The lowest BCUT2D eigenvalue weighted by molar-refractivity contribution is 0.102. The normalized spacial score (nSPS) is 10.8. The third kappa shape index (κ3) is 3.81. The summed E-state index contributed by atoms with van der Waals surface area (Å²) < 4.78 is 5.59. The second-order valence-corrected chi connectivity index (χ2v) is 7.33. The summed E-state index contributed by atoms with van der Waals surface area (Å²) in [6, 6.07) is 21.0. The molecule has 0 saturated heterocycles. The van der Waals surface area contributed by atoms with Gasteiger partial charge in [-0.25, -0.2) is 4.98 Å². The zero-order valence-corrected chi connectivity index (χ0v) is 17.4. The third-order valence-corrected chi connectivity index (χ3v) is 5.31. The van der Waals surface area contributed by atoms with E-state index in [0.717, 1.165) is 33.3 Å². The molecule has 0 atom stereocenters. The number of nitrogens with zero attached hydrogens (tertiary/aromatic N) is 2. The number of amides is 1. The quantitative estimate of drug-likeness (QED) is 0.390. The molecule has 0 spiro atoms. The molecule has 3 heterocycles. The Kier molecular flexibility index (Phi) is 5.09. The predicted octanol–water partition coefficient (Wildman–Crippen LogP) is 5.55. The lowest BCUT2D eigenvalue weighted by atomic mass is 10.0. The van der Waals surface area contributed by atoms with E-state index < -0.39 is 0 Å². The Morgan fingerprint density at radius 1 is 0.938 bits per heavy atom. The molecule has 2 N–H and O–H groups in total. The SMILES string of the molecule is COc1cc(NC(=O)c2ccc(-c3cccnc3)cc2)ccc1-c1cnc2[nH]ccc2c1. The zero-order chi connectivity index (χ0) is 21.9. The van der Waals surface area contributed by atoms with Gasteiger partial charge >= 0.3 is 0 Å². The van der Waals surface area contributed by atoms with Gasteiger partial charge in [-0.2, -0.15) is 0 Å². The van der Waals surface area contributed by atoms with Crippen molar-refractivity contribution in [2.24, 2.45) is 0 Å². The Labute approximate surface area is 184 Å². The summed E-state index contributed by atoms with van der Waals surface area (Å²) in [5.74, 6) is 0.472. The fourth-order valence-electron chi connectivity index (χ4n) is 3.65. The van der Waals surface area contributed by atoms with Crippen molar-refractivity contribution in [2.45, 2.75) is 0 Å². The van der Waals surface area contributed by atoms with Gasteiger partial charge < -0.3 is 15.0 Å². The van der Waals surface area contributed by atoms with Gasteiger partial charge in [0.15, 0.2) is 0 Å². The number of anilines is 1. The van der Waals surface area contributed by atoms with Crippen molar-refractivity contribution in [1.82, 2.24) is 15.0 Å². The number of methoxy groups -OCH3 is 1. The van der Waals surface area contributed by atoms with Crippen LogP contribution in [-0.4, -0.2) is 28.0 Å². The first kappa shape index (κ1) is 19.5. The molecule has 0 radical (unpaired) electrons. The number of carbonyl (C=O) groups is 1. The first-order valence-electron chi connectivity index (χ1n) is 10.1. The van der Waals surface area contributed by atoms with Gasteiger partial charge in [-0.15, -0.1) is 0 Å². The molecule has 0 aliphatic heterocycles. The van der Waals surface area contributed by atoms with E-state index in [1.807, 2.05) is 54.7 Å². The molecule has 1 amide bonds. The van der Waals surface area contributed by atoms with E-state index in [1.165, 1.54) is 0 Å². The maximum Gasteiger partial charge on any atom is 0.255 e. The van der Waals surface area contributed by atoms with Crippen LogP contribution in [0.25, 0.3) is 33.3 Å². The number of nitrogens with one attached hydrogen (secondary N) is 2. The number of aromatic nitrogens is 3. The lowest BCUT2D eigenvalue weighted by Gasteiger charge is -2.12. The molecule has 5 aromatic rings. The molecule has 2 aromatic carbocycles. The van der Waals surface area contributed by atoms with E-state index in [-0.39, 0.29) is 5.91 Å². The summed E-state index contributed by atoms with van der Waals surface area (Å²) in [4.78, 5) is 24.4. The van der Waals surface area contributed by atoms with E-state index in [2.05, 4.69) is 26.3 Å². The molecule has 5 rings (SSSR count). The Morgan fingerprint density at radius 2 is 1.81 bits per heavy atom. The molecule has 0 fully saturated rings. The lowest BCUT2D eigenvalue weighted by Crippen LogP contribution is -2.11. The first-order valence-corrected chi connectivity index (χ1v) is 10.1. The smallest absolute Gasteiger partial charge is 0.255 e. The van der Waals surface area contributed by atoms with E-state index in [4.69, 9.17) is 4.74 Å². The van der Waals surface area contributed by atoms with Crippen LogP contribution >= 0.6 is 0 Å². The van der Waals surface area contributed by atoms with Crippen molar-refractivity contribution in [1.29, 1.82) is 0 Å². The maximum absolute atomic E-state index is 12.8. The minimum Gasteiger partial charge on any atom is -0.496 e. The molecule has 32 heavy (non-hydrogen) atoms. The molecule has 6 heteroatoms. The molecule has 0 aliphatic rings. The van der Waals surface area contributed by atoms with Crippen LogP contribution in [0.1, 0.15) is 10.4 Å². The molecule has 0 bridgehead atoms. The van der Waals surface area contributed by atoms with Gasteiger partial charge in [0.2, 0.25) is 0 Å². The highest BCUT2D eigenvalue weighted by atomic mass is 16.5. The number of ether oxygens (including phenoxy) is 1. The van der Waals surface area contributed by atoms with Crippen LogP contribution in [0.5, 0.6) is 5.75 Å². The minimum atomic E-state index is -0.187. The number of benzene rings is 2. The molecule has 0 unspecified atom stereocenters. The predicted molar refractivity (Wildman–Crippen MR) is 126 cm³/mol. The van der Waals surface area contributed by atoms with E-state index in [1.54, 1.807) is 37.8 Å². The van der Waals surface area contributed by atoms with Gasteiger partial charge in [0.1, 0.15) is 11.4 Å². The number of fused-ring (bicyclic) bond motifs is 1. The summed E-state index contributed by atoms with van der Waals surface area (Å²) in [6.07, 6.45) is 7.20. The van der Waals surface area contributed by atoms with Crippen molar-refractivity contribution in [3.05, 3.63) is 97.1 Å². The second kappa shape index (κ2) is 8.35. The molecule has 0 aliphatic carbocycles. The topological polar surface area (TPSA) is 79.9 Å². The van der Waals surface area contributed by atoms with E-state index >= 15 is 0 Å². The van der Waals surface area contributed by atoms with E-state index in [0.29, 0.717) is 17.0 Å². The number of pyridine rings is 2. The molecule has 3 aromatic heterocycles. The van der Waals surface area contributed by atoms with Gasteiger partial charge in [-0.05, 0) is 53.6 Å². The number of rotatable bonds is 5. The van der Waals surface area contributed by atoms with Crippen molar-refractivity contribution >= 4 is 22.6 Å². The Bertz CT molecular complexity index is 1390. The molecule has 6 nitrogen and oxygen atoms in total. The average molecular weight is 420 g/mol. The van der Waals surface area contributed by atoms with Crippen molar-refractivity contribution in [2.75, 3.05) is 12.4 Å². The first-order chi connectivity index (χ1) is 15.7. The number of carbonyl (C=O) groups excluding carboxylic acids is 1. The maximum atomic E-state index is 12.8. The minimum absolute atomic E-state index is 0.187. The van der Waals surface area contributed by atoms with Crippen LogP contribution in [0.15, 0.2) is 91.5 Å². The fourth-order valence-corrected chi connectivity index (χ4v) is 3.65. The van der Waals surface area contributed by atoms with Crippen LogP contribution in [0.2, 0.25) is 0 Å². The van der Waals surface area contributed by atoms with Gasteiger partial charge in [0.05, 0.1) is 7.11 Å². The summed E-state index contributed by atoms with van der Waals surface area (Å²) in [7, 11) is 1.61. The third-order valence-electron chi connectivity index (χ3n) is 5.31. The molecular formula is C26H20N4O2. The average Bonchev–Trinajstić information content (AvgIpc) is 3.32. The summed E-state index contributed by atoms with van der Waals surface area (Å²) in [6.45, 7) is 0. The van der Waals surface area contributed by atoms with Crippen LogP contribution in [-0.2, 0) is 0 Å². The second-order valence-electron chi connectivity index (χ2n) is 7.33. The van der Waals surface area contributed by atoms with Crippen LogP contribution in [0.4, 0.5) is 5.69 Å². The number of hydrogen-bond acceptors (Lipinski definition) is 4. The van der Waals surface area contributed by atoms with Crippen molar-refractivity contribution in [3.63, 3.8) is 0 Å². The number of hydrogen-bond donors (Lipinski definition) is 2. The van der Waals surface area contributed by atoms with Crippen LogP contribution < -0.4 is 10.1 Å². The number of aromatic amines is 1. The van der Waals surface area contributed by atoms with Gasteiger partial charge in [0, 0.05) is 58.6 Å². The number of H-pyrrole nitrogens is 1. The summed E-state index contributed by atoms with van der Waals surface area (Å²) >= 11 is 0. The van der Waals surface area contributed by atoms with Gasteiger partial charge in [0.25, 0.3) is 5.91 Å².